The third-order valence-electron chi connectivity index (χ3n) is 6.57. The van der Waals surface area contributed by atoms with E-state index in [-0.39, 0.29) is 17.5 Å². The minimum absolute atomic E-state index is 0.119. The number of carbonyl (C=O) groups excluding carboxylic acids is 1. The minimum atomic E-state index is -1.39. The topological polar surface area (TPSA) is 26.3 Å². The minimum Gasteiger partial charge on any atom is -0.423 e. The normalized spacial score (nSPS) is 12.1. The van der Waals surface area contributed by atoms with Crippen LogP contribution in [0.2, 0.25) is 0 Å². The third-order valence-corrected chi connectivity index (χ3v) is 6.57. The van der Waals surface area contributed by atoms with Crippen molar-refractivity contribution in [1.29, 1.82) is 0 Å². The van der Waals surface area contributed by atoms with Gasteiger partial charge in [-0.1, -0.05) is 73.7 Å². The second kappa shape index (κ2) is 12.6. The van der Waals surface area contributed by atoms with Gasteiger partial charge in [0, 0.05) is 17.7 Å². The van der Waals surface area contributed by atoms with E-state index in [9.17, 15) is 22.4 Å². The summed E-state index contributed by atoms with van der Waals surface area (Å²) in [4.78, 5) is 12.5. The van der Waals surface area contributed by atoms with E-state index in [1.807, 2.05) is 30.3 Å². The number of hydrogen-bond acceptors (Lipinski definition) is 2. The lowest BCUT2D eigenvalue weighted by Gasteiger charge is -2.13. The Bertz CT molecular complexity index is 1430. The molecule has 4 aromatic carbocycles. The average Bonchev–Trinajstić information content (AvgIpc) is 2.90. The van der Waals surface area contributed by atoms with Gasteiger partial charge < -0.3 is 4.74 Å². The van der Waals surface area contributed by atoms with Crippen LogP contribution in [0.4, 0.5) is 17.6 Å². The van der Waals surface area contributed by atoms with Crippen molar-refractivity contribution in [1.82, 2.24) is 0 Å². The Morgan fingerprint density at radius 1 is 0.821 bits per heavy atom. The molecule has 0 aliphatic carbocycles. The van der Waals surface area contributed by atoms with Gasteiger partial charge in [0.05, 0.1) is 0 Å². The van der Waals surface area contributed by atoms with E-state index in [0.717, 1.165) is 36.2 Å². The fourth-order valence-electron chi connectivity index (χ4n) is 4.45. The zero-order valence-electron chi connectivity index (χ0n) is 21.7. The van der Waals surface area contributed by atoms with Gasteiger partial charge in [-0.25, -0.2) is 22.4 Å². The number of esters is 1. The molecule has 39 heavy (non-hydrogen) atoms. The van der Waals surface area contributed by atoms with Gasteiger partial charge in [-0.15, -0.1) is 0 Å². The molecule has 0 saturated heterocycles. The number of rotatable bonds is 9. The quantitative estimate of drug-likeness (QED) is 0.0931. The summed E-state index contributed by atoms with van der Waals surface area (Å²) in [6, 6.07) is 21.2. The highest BCUT2D eigenvalue weighted by molar-refractivity contribution is 5.92. The van der Waals surface area contributed by atoms with Crippen LogP contribution >= 0.6 is 0 Å². The van der Waals surface area contributed by atoms with Crippen LogP contribution < -0.4 is 4.74 Å². The predicted octanol–water partition coefficient (Wildman–Crippen LogP) is 8.98. The number of allylic oxidation sites excluding steroid dienone is 2. The van der Waals surface area contributed by atoms with Gasteiger partial charge in [-0.2, -0.15) is 0 Å². The molecule has 0 radical (unpaired) electrons. The number of carbonyl (C=O) groups is 1. The van der Waals surface area contributed by atoms with E-state index in [4.69, 9.17) is 4.74 Å². The average molecular weight is 533 g/mol. The largest absolute Gasteiger partial charge is 0.423 e. The summed E-state index contributed by atoms with van der Waals surface area (Å²) < 4.78 is 63.4. The molecule has 0 bridgehead atoms. The Labute approximate surface area is 225 Å². The van der Waals surface area contributed by atoms with Crippen molar-refractivity contribution in [3.63, 3.8) is 0 Å². The van der Waals surface area contributed by atoms with Crippen molar-refractivity contribution >= 4 is 5.97 Å². The lowest BCUT2D eigenvalue weighted by molar-refractivity contribution is 0.0723. The van der Waals surface area contributed by atoms with E-state index in [1.54, 1.807) is 31.2 Å². The second-order valence-electron chi connectivity index (χ2n) is 9.39. The number of hydrogen-bond donors (Lipinski definition) is 0. The fraction of sp³-hybridized carbons (Fsp3) is 0.182. The molecule has 0 aliphatic rings. The molecule has 200 valence electrons. The van der Waals surface area contributed by atoms with Crippen molar-refractivity contribution in [3.8, 4) is 16.9 Å². The number of halogens is 4. The highest BCUT2D eigenvalue weighted by Crippen LogP contribution is 2.28. The zero-order chi connectivity index (χ0) is 27.9. The van der Waals surface area contributed by atoms with Crippen molar-refractivity contribution in [2.45, 2.75) is 39.0 Å². The summed E-state index contributed by atoms with van der Waals surface area (Å²) in [6.07, 6.45) is 4.89. The Kier molecular flexibility index (Phi) is 8.97. The first-order valence-corrected chi connectivity index (χ1v) is 12.7. The van der Waals surface area contributed by atoms with E-state index in [1.165, 1.54) is 5.56 Å². The van der Waals surface area contributed by atoms with Crippen LogP contribution in [0.15, 0.2) is 91.0 Å². The lowest BCUT2D eigenvalue weighted by atomic mass is 9.93. The Hall–Kier alpha value is -4.19. The molecular weight excluding hydrogens is 504 g/mol. The first-order chi connectivity index (χ1) is 18.8. The number of benzene rings is 4. The molecule has 0 unspecified atom stereocenters. The maximum atomic E-state index is 14.9. The summed E-state index contributed by atoms with van der Waals surface area (Å²) in [5.41, 5.74) is 2.01. The molecule has 0 aliphatic heterocycles. The fourth-order valence-corrected chi connectivity index (χ4v) is 4.45. The molecule has 0 saturated carbocycles. The maximum absolute atomic E-state index is 14.9. The zero-order valence-corrected chi connectivity index (χ0v) is 21.7. The summed E-state index contributed by atoms with van der Waals surface area (Å²) in [6.45, 7) is 3.93. The van der Waals surface area contributed by atoms with E-state index < -0.39 is 40.6 Å². The third kappa shape index (κ3) is 6.82. The molecule has 4 aromatic rings. The van der Waals surface area contributed by atoms with Gasteiger partial charge in [-0.3, -0.25) is 0 Å². The van der Waals surface area contributed by atoms with Gasteiger partial charge in [0.15, 0.2) is 0 Å². The van der Waals surface area contributed by atoms with E-state index in [0.29, 0.717) is 17.9 Å². The van der Waals surface area contributed by atoms with Gasteiger partial charge in [-0.05, 0) is 66.5 Å². The molecule has 0 heterocycles. The van der Waals surface area contributed by atoms with Crippen molar-refractivity contribution in [2.75, 3.05) is 0 Å². The van der Waals surface area contributed by atoms with Crippen LogP contribution in [-0.2, 0) is 12.8 Å². The van der Waals surface area contributed by atoms with Gasteiger partial charge in [0.25, 0.3) is 0 Å². The van der Waals surface area contributed by atoms with Crippen LogP contribution in [0.3, 0.4) is 0 Å². The molecule has 2 nitrogen and oxygen atoms in total. The SMILES string of the molecule is CC=CCCc1c(F)cc(OC(=O)c2c(F)cc(-c3ccc(C[C@H](C)c4ccccc4)cc3)cc2F)cc1F. The van der Waals surface area contributed by atoms with Crippen LogP contribution in [0.5, 0.6) is 5.75 Å². The van der Waals surface area contributed by atoms with Gasteiger partial charge in [0.2, 0.25) is 0 Å². The monoisotopic (exact) mass is 532 g/mol. The Balaban J connectivity index is 1.48. The number of ether oxygens (including phenoxy) is 1. The molecule has 4 rings (SSSR count). The van der Waals surface area contributed by atoms with Gasteiger partial charge in [0.1, 0.15) is 34.6 Å². The van der Waals surface area contributed by atoms with Gasteiger partial charge >= 0.3 is 5.97 Å². The molecule has 0 aromatic heterocycles. The predicted molar refractivity (Wildman–Crippen MR) is 145 cm³/mol. The van der Waals surface area contributed by atoms with Crippen molar-refractivity contribution in [2.24, 2.45) is 0 Å². The smallest absolute Gasteiger partial charge is 0.349 e. The van der Waals surface area contributed by atoms with Crippen molar-refractivity contribution < 1.29 is 27.1 Å². The molecule has 1 atom stereocenters. The first-order valence-electron chi connectivity index (χ1n) is 12.7. The molecule has 0 N–H and O–H groups in total. The summed E-state index contributed by atoms with van der Waals surface area (Å²) in [7, 11) is 0. The van der Waals surface area contributed by atoms with Crippen LogP contribution in [0, 0.1) is 23.3 Å². The summed E-state index contributed by atoms with van der Waals surface area (Å²) in [5.74, 6) is -5.65. The van der Waals surface area contributed by atoms with E-state index in [2.05, 4.69) is 19.1 Å². The molecule has 0 fully saturated rings. The Morgan fingerprint density at radius 3 is 2.03 bits per heavy atom. The second-order valence-corrected chi connectivity index (χ2v) is 9.39. The Morgan fingerprint density at radius 2 is 1.44 bits per heavy atom. The van der Waals surface area contributed by atoms with Crippen LogP contribution in [0.1, 0.15) is 53.2 Å². The summed E-state index contributed by atoms with van der Waals surface area (Å²) in [5, 5.41) is 0. The highest BCUT2D eigenvalue weighted by atomic mass is 19.1. The first kappa shape index (κ1) is 27.8. The molecular formula is C33H28F4O2. The highest BCUT2D eigenvalue weighted by Gasteiger charge is 2.23. The van der Waals surface area contributed by atoms with Crippen molar-refractivity contribution in [3.05, 3.63) is 137 Å². The molecule has 0 amide bonds. The molecule has 0 spiro atoms. The van der Waals surface area contributed by atoms with E-state index >= 15 is 0 Å². The standard InChI is InChI=1S/C33H28F4O2/c1-3-4-6-11-27-28(34)19-26(20-29(27)35)39-33(38)32-30(36)17-25(18-31(32)37)24-14-12-22(13-15-24)16-21(2)23-9-7-5-8-10-23/h3-5,7-10,12-15,17-21H,6,11,16H2,1-2H3/t21-/m0/s1. The lowest BCUT2D eigenvalue weighted by Crippen LogP contribution is -2.14. The maximum Gasteiger partial charge on any atom is 0.349 e. The summed E-state index contributed by atoms with van der Waals surface area (Å²) >= 11 is 0. The van der Waals surface area contributed by atoms with Crippen LogP contribution in [0.25, 0.3) is 11.1 Å². The van der Waals surface area contributed by atoms with Crippen LogP contribution in [-0.4, -0.2) is 5.97 Å². The molecule has 6 heteroatoms.